The molecule has 27 heavy (non-hydrogen) atoms. The Morgan fingerprint density at radius 2 is 1.85 bits per heavy atom. The van der Waals surface area contributed by atoms with Crippen LogP contribution in [0.5, 0.6) is 11.5 Å². The van der Waals surface area contributed by atoms with E-state index in [-0.39, 0.29) is 17.0 Å². The molecule has 0 saturated heterocycles. The van der Waals surface area contributed by atoms with Crippen molar-refractivity contribution in [2.45, 2.75) is 18.9 Å². The van der Waals surface area contributed by atoms with Gasteiger partial charge in [-0.3, -0.25) is 4.79 Å². The molecule has 2 rings (SSSR count). The van der Waals surface area contributed by atoms with Crippen LogP contribution < -0.4 is 14.8 Å². The van der Waals surface area contributed by atoms with Crippen LogP contribution in [0.4, 0.5) is 4.39 Å². The molecule has 8 heteroatoms. The monoisotopic (exact) mass is 395 g/mol. The van der Waals surface area contributed by atoms with Gasteiger partial charge < -0.3 is 19.9 Å². The number of aliphatic carboxylic acids is 1. The van der Waals surface area contributed by atoms with Gasteiger partial charge in [-0.1, -0.05) is 23.7 Å². The Kier molecular flexibility index (Phi) is 7.01. The molecule has 0 radical (unpaired) electrons. The molecule has 0 saturated carbocycles. The molecular formula is C19H19ClFNO5. The zero-order valence-electron chi connectivity index (χ0n) is 14.8. The highest BCUT2D eigenvalue weighted by molar-refractivity contribution is 6.30. The highest BCUT2D eigenvalue weighted by Crippen LogP contribution is 2.28. The number of nitrogens with one attached hydrogen (secondary N) is 1. The molecule has 2 aromatic carbocycles. The third kappa shape index (κ3) is 5.34. The summed E-state index contributed by atoms with van der Waals surface area (Å²) >= 11 is 5.61. The average molecular weight is 396 g/mol. The van der Waals surface area contributed by atoms with E-state index in [0.717, 1.165) is 11.6 Å². The molecule has 144 valence electrons. The predicted molar refractivity (Wildman–Crippen MR) is 97.8 cm³/mol. The largest absolute Gasteiger partial charge is 0.493 e. The summed E-state index contributed by atoms with van der Waals surface area (Å²) in [6, 6.07) is 7.50. The molecule has 0 spiro atoms. The lowest BCUT2D eigenvalue weighted by Gasteiger charge is -2.15. The standard InChI is InChI=1S/C19H19ClFNO5/c1-26-15-7-3-11(9-16(15)27-2)4-8-17(23)22-18(19(24)25)12-5-6-13(20)14(21)10-12/h3,5-7,9-10,18H,4,8H2,1-2H3,(H,22,23)(H,24,25). The number of halogens is 2. The molecule has 0 heterocycles. The van der Waals surface area contributed by atoms with Crippen molar-refractivity contribution in [2.75, 3.05) is 14.2 Å². The Labute approximate surface area is 160 Å². The van der Waals surface area contributed by atoms with Gasteiger partial charge in [0.2, 0.25) is 5.91 Å². The second-order valence-corrected chi connectivity index (χ2v) is 6.11. The number of methoxy groups -OCH3 is 2. The number of carbonyl (C=O) groups is 2. The number of carboxylic acid groups (broad SMARTS) is 1. The van der Waals surface area contributed by atoms with Gasteiger partial charge in [0.15, 0.2) is 17.5 Å². The third-order valence-corrected chi connectivity index (χ3v) is 4.22. The van der Waals surface area contributed by atoms with Crippen LogP contribution in [0, 0.1) is 5.82 Å². The Balaban J connectivity index is 2.04. The van der Waals surface area contributed by atoms with Crippen molar-refractivity contribution in [2.24, 2.45) is 0 Å². The summed E-state index contributed by atoms with van der Waals surface area (Å²) in [4.78, 5) is 23.6. The summed E-state index contributed by atoms with van der Waals surface area (Å²) in [5.74, 6) is -1.42. The van der Waals surface area contributed by atoms with Gasteiger partial charge in [0.05, 0.1) is 19.2 Å². The molecule has 2 N–H and O–H groups in total. The number of hydrogen-bond acceptors (Lipinski definition) is 4. The van der Waals surface area contributed by atoms with Crippen molar-refractivity contribution in [3.8, 4) is 11.5 Å². The van der Waals surface area contributed by atoms with Crippen molar-refractivity contribution in [3.63, 3.8) is 0 Å². The zero-order valence-corrected chi connectivity index (χ0v) is 15.5. The molecular weight excluding hydrogens is 377 g/mol. The fourth-order valence-corrected chi connectivity index (χ4v) is 2.62. The smallest absolute Gasteiger partial charge is 0.330 e. The maximum absolute atomic E-state index is 13.6. The maximum Gasteiger partial charge on any atom is 0.330 e. The molecule has 0 aliphatic rings. The summed E-state index contributed by atoms with van der Waals surface area (Å²) in [5.41, 5.74) is 0.927. The molecule has 1 amide bonds. The minimum Gasteiger partial charge on any atom is -0.493 e. The number of benzene rings is 2. The second kappa shape index (κ2) is 9.23. The van der Waals surface area contributed by atoms with Gasteiger partial charge in [-0.25, -0.2) is 9.18 Å². The van der Waals surface area contributed by atoms with Crippen LogP contribution in [0.3, 0.4) is 0 Å². The minimum absolute atomic E-state index is 0.0509. The number of carboxylic acids is 1. The topological polar surface area (TPSA) is 84.9 Å². The van der Waals surface area contributed by atoms with Gasteiger partial charge in [0.25, 0.3) is 0 Å². The molecule has 6 nitrogen and oxygen atoms in total. The van der Waals surface area contributed by atoms with Crippen molar-refractivity contribution in [1.29, 1.82) is 0 Å². The Hall–Kier alpha value is -2.80. The van der Waals surface area contributed by atoms with Crippen LogP contribution in [0.15, 0.2) is 36.4 Å². The van der Waals surface area contributed by atoms with Crippen LogP contribution in [0.1, 0.15) is 23.6 Å². The maximum atomic E-state index is 13.6. The quantitative estimate of drug-likeness (QED) is 0.715. The van der Waals surface area contributed by atoms with Crippen LogP contribution in [-0.2, 0) is 16.0 Å². The Bertz CT molecular complexity index is 843. The first-order chi connectivity index (χ1) is 12.8. The average Bonchev–Trinajstić information content (AvgIpc) is 2.66. The summed E-state index contributed by atoms with van der Waals surface area (Å²) in [7, 11) is 3.04. The van der Waals surface area contributed by atoms with E-state index in [1.54, 1.807) is 18.2 Å². The summed E-state index contributed by atoms with van der Waals surface area (Å²) in [5, 5.41) is 11.6. The van der Waals surface area contributed by atoms with Gasteiger partial charge in [-0.2, -0.15) is 0 Å². The van der Waals surface area contributed by atoms with E-state index in [4.69, 9.17) is 21.1 Å². The first-order valence-corrected chi connectivity index (χ1v) is 8.41. The number of amides is 1. The predicted octanol–water partition coefficient (Wildman–Crippen LogP) is 3.37. The Morgan fingerprint density at radius 1 is 1.15 bits per heavy atom. The van der Waals surface area contributed by atoms with Gasteiger partial charge in [-0.15, -0.1) is 0 Å². The van der Waals surface area contributed by atoms with Crippen molar-refractivity contribution in [3.05, 3.63) is 58.4 Å². The van der Waals surface area contributed by atoms with Crippen LogP contribution in [-0.4, -0.2) is 31.2 Å². The van der Waals surface area contributed by atoms with E-state index in [1.165, 1.54) is 26.4 Å². The van der Waals surface area contributed by atoms with Gasteiger partial charge >= 0.3 is 5.97 Å². The molecule has 0 aliphatic heterocycles. The van der Waals surface area contributed by atoms with E-state index in [1.807, 2.05) is 0 Å². The lowest BCUT2D eigenvalue weighted by molar-refractivity contribution is -0.142. The van der Waals surface area contributed by atoms with E-state index in [2.05, 4.69) is 5.32 Å². The molecule has 0 aromatic heterocycles. The van der Waals surface area contributed by atoms with E-state index >= 15 is 0 Å². The normalized spacial score (nSPS) is 11.6. The number of rotatable bonds is 8. The van der Waals surface area contributed by atoms with Gasteiger partial charge in [-0.05, 0) is 41.8 Å². The first kappa shape index (κ1) is 20.5. The van der Waals surface area contributed by atoms with Crippen LogP contribution >= 0.6 is 11.6 Å². The van der Waals surface area contributed by atoms with Crippen molar-refractivity contribution in [1.82, 2.24) is 5.32 Å². The lowest BCUT2D eigenvalue weighted by atomic mass is 10.1. The summed E-state index contributed by atoms with van der Waals surface area (Å²) in [6.45, 7) is 0. The SMILES string of the molecule is COc1ccc(CCC(=O)NC(C(=O)O)c2ccc(Cl)c(F)c2)cc1OC. The third-order valence-electron chi connectivity index (χ3n) is 3.92. The van der Waals surface area contributed by atoms with Crippen molar-refractivity contribution < 1.29 is 28.6 Å². The highest BCUT2D eigenvalue weighted by atomic mass is 35.5. The minimum atomic E-state index is -1.37. The van der Waals surface area contributed by atoms with Crippen LogP contribution in [0.25, 0.3) is 0 Å². The van der Waals surface area contributed by atoms with E-state index in [9.17, 15) is 19.1 Å². The molecule has 0 fully saturated rings. The number of aryl methyl sites for hydroxylation is 1. The van der Waals surface area contributed by atoms with Crippen molar-refractivity contribution >= 4 is 23.5 Å². The zero-order chi connectivity index (χ0) is 20.0. The highest BCUT2D eigenvalue weighted by Gasteiger charge is 2.23. The lowest BCUT2D eigenvalue weighted by Crippen LogP contribution is -2.33. The molecule has 2 aromatic rings. The molecule has 1 atom stereocenters. The molecule has 1 unspecified atom stereocenters. The Morgan fingerprint density at radius 3 is 2.44 bits per heavy atom. The number of carbonyl (C=O) groups excluding carboxylic acids is 1. The van der Waals surface area contributed by atoms with Crippen LogP contribution in [0.2, 0.25) is 5.02 Å². The van der Waals surface area contributed by atoms with Gasteiger partial charge in [0.1, 0.15) is 5.82 Å². The molecule has 0 bridgehead atoms. The summed E-state index contributed by atoms with van der Waals surface area (Å²) < 4.78 is 23.9. The van der Waals surface area contributed by atoms with E-state index in [0.29, 0.717) is 17.9 Å². The fraction of sp³-hybridized carbons (Fsp3) is 0.263. The van der Waals surface area contributed by atoms with Gasteiger partial charge in [0, 0.05) is 6.42 Å². The number of ether oxygens (including phenoxy) is 2. The van der Waals surface area contributed by atoms with E-state index < -0.39 is 23.7 Å². The fourth-order valence-electron chi connectivity index (χ4n) is 2.51. The first-order valence-electron chi connectivity index (χ1n) is 8.03. The molecule has 0 aliphatic carbocycles. The number of hydrogen-bond donors (Lipinski definition) is 2. The second-order valence-electron chi connectivity index (χ2n) is 5.70. The summed E-state index contributed by atoms with van der Waals surface area (Å²) in [6.07, 6.45) is 0.419.